The zero-order valence-electron chi connectivity index (χ0n) is 11.3. The Hall–Kier alpha value is -1.02. The largest absolute Gasteiger partial charge is 0.421 e. The molecule has 8 heteroatoms. The average molecular weight is 307 g/mol. The van der Waals surface area contributed by atoms with Gasteiger partial charge < -0.3 is 10.4 Å². The second kappa shape index (κ2) is 5.07. The van der Waals surface area contributed by atoms with Crippen molar-refractivity contribution in [1.82, 2.24) is 9.97 Å². The Bertz CT molecular complexity index is 507. The molecular formula is C12H16F3N3OS. The summed E-state index contributed by atoms with van der Waals surface area (Å²) < 4.78 is 38.8. The Morgan fingerprint density at radius 3 is 2.55 bits per heavy atom. The van der Waals surface area contributed by atoms with Crippen LogP contribution in [0.4, 0.5) is 19.0 Å². The number of aromatic nitrogens is 2. The lowest BCUT2D eigenvalue weighted by atomic mass is 9.64. The Balaban J connectivity index is 2.30. The van der Waals surface area contributed by atoms with Crippen LogP contribution in [0.2, 0.25) is 0 Å². The van der Waals surface area contributed by atoms with Crippen LogP contribution >= 0.6 is 11.8 Å². The summed E-state index contributed by atoms with van der Waals surface area (Å²) in [5.74, 6) is -0.221. The molecule has 112 valence electrons. The van der Waals surface area contributed by atoms with Crippen molar-refractivity contribution in [3.63, 3.8) is 0 Å². The summed E-state index contributed by atoms with van der Waals surface area (Å²) in [5.41, 5.74) is -1.36. The maximum absolute atomic E-state index is 12.9. The SMILES string of the molecule is CSc1ncc(C(F)(F)F)c(N[C@@H]2CC(O)C2(C)C)n1. The molecule has 0 aromatic carbocycles. The smallest absolute Gasteiger partial charge is 0.392 e. The molecule has 0 saturated heterocycles. The molecule has 1 unspecified atom stereocenters. The van der Waals surface area contributed by atoms with Crippen molar-refractivity contribution in [2.45, 2.75) is 43.7 Å². The Morgan fingerprint density at radius 2 is 2.10 bits per heavy atom. The molecule has 4 nitrogen and oxygen atoms in total. The van der Waals surface area contributed by atoms with Gasteiger partial charge in [0.25, 0.3) is 0 Å². The van der Waals surface area contributed by atoms with Crippen molar-refractivity contribution in [3.8, 4) is 0 Å². The van der Waals surface area contributed by atoms with Crippen molar-refractivity contribution in [1.29, 1.82) is 0 Å². The molecule has 1 heterocycles. The van der Waals surface area contributed by atoms with E-state index in [-0.39, 0.29) is 17.0 Å². The van der Waals surface area contributed by atoms with Crippen LogP contribution in [-0.2, 0) is 6.18 Å². The van der Waals surface area contributed by atoms with Crippen molar-refractivity contribution < 1.29 is 18.3 Å². The first-order chi connectivity index (χ1) is 9.16. The fourth-order valence-electron chi connectivity index (χ4n) is 2.09. The number of nitrogens with zero attached hydrogens (tertiary/aromatic N) is 2. The molecule has 0 bridgehead atoms. The molecule has 20 heavy (non-hydrogen) atoms. The lowest BCUT2D eigenvalue weighted by Gasteiger charge is -2.49. The summed E-state index contributed by atoms with van der Waals surface area (Å²) in [7, 11) is 0. The monoisotopic (exact) mass is 307 g/mol. The highest BCUT2D eigenvalue weighted by molar-refractivity contribution is 7.98. The number of hydrogen-bond donors (Lipinski definition) is 2. The number of nitrogens with one attached hydrogen (secondary N) is 1. The molecule has 0 aliphatic heterocycles. The zero-order chi connectivity index (χ0) is 15.1. The van der Waals surface area contributed by atoms with E-state index in [1.165, 1.54) is 11.8 Å². The van der Waals surface area contributed by atoms with E-state index in [9.17, 15) is 18.3 Å². The van der Waals surface area contributed by atoms with Crippen LogP contribution in [0.15, 0.2) is 11.4 Å². The summed E-state index contributed by atoms with van der Waals surface area (Å²) in [6.45, 7) is 3.62. The van der Waals surface area contributed by atoms with Gasteiger partial charge in [0.2, 0.25) is 0 Å². The number of alkyl halides is 3. The number of halogens is 3. The van der Waals surface area contributed by atoms with E-state index < -0.39 is 23.3 Å². The van der Waals surface area contributed by atoms with Gasteiger partial charge >= 0.3 is 6.18 Å². The molecule has 1 fully saturated rings. The summed E-state index contributed by atoms with van der Waals surface area (Å²) in [6, 6.07) is -0.247. The maximum atomic E-state index is 12.9. The molecule has 1 saturated carbocycles. The quantitative estimate of drug-likeness (QED) is 0.664. The molecule has 1 aromatic heterocycles. The highest BCUT2D eigenvalue weighted by atomic mass is 32.2. The molecule has 2 rings (SSSR count). The van der Waals surface area contributed by atoms with Gasteiger partial charge in [-0.2, -0.15) is 13.2 Å². The van der Waals surface area contributed by atoms with Crippen LogP contribution in [0.3, 0.4) is 0 Å². The normalized spacial score (nSPS) is 25.1. The average Bonchev–Trinajstić information content (AvgIpc) is 2.37. The van der Waals surface area contributed by atoms with Crippen molar-refractivity contribution in [2.24, 2.45) is 5.41 Å². The van der Waals surface area contributed by atoms with Gasteiger partial charge in [0.15, 0.2) is 5.16 Å². The van der Waals surface area contributed by atoms with E-state index >= 15 is 0 Å². The molecule has 0 spiro atoms. The van der Waals surface area contributed by atoms with E-state index in [1.807, 2.05) is 13.8 Å². The van der Waals surface area contributed by atoms with Gasteiger partial charge in [0, 0.05) is 17.7 Å². The minimum absolute atomic E-state index is 0.221. The van der Waals surface area contributed by atoms with Crippen LogP contribution in [0, 0.1) is 5.41 Å². The molecule has 2 N–H and O–H groups in total. The van der Waals surface area contributed by atoms with Gasteiger partial charge in [-0.05, 0) is 12.7 Å². The van der Waals surface area contributed by atoms with E-state index in [1.54, 1.807) is 6.26 Å². The summed E-state index contributed by atoms with van der Waals surface area (Å²) in [4.78, 5) is 7.58. The van der Waals surface area contributed by atoms with Gasteiger partial charge in [-0.15, -0.1) is 0 Å². The standard InChI is InChI=1S/C12H16F3N3OS/c1-11(2)7(4-8(11)19)17-9-6(12(13,14)15)5-16-10(18-9)20-3/h5,7-8,19H,4H2,1-3H3,(H,16,17,18)/t7-,8?/m1/s1. The molecule has 0 amide bonds. The lowest BCUT2D eigenvalue weighted by Crippen LogP contribution is -2.57. The first-order valence-corrected chi connectivity index (χ1v) is 7.31. The van der Waals surface area contributed by atoms with Crippen LogP contribution < -0.4 is 5.32 Å². The number of aliphatic hydroxyl groups is 1. The number of anilines is 1. The molecular weight excluding hydrogens is 291 g/mol. The van der Waals surface area contributed by atoms with Crippen LogP contribution in [0.1, 0.15) is 25.8 Å². The van der Waals surface area contributed by atoms with Crippen LogP contribution in [0.25, 0.3) is 0 Å². The van der Waals surface area contributed by atoms with Gasteiger partial charge in [-0.3, -0.25) is 0 Å². The van der Waals surface area contributed by atoms with E-state index in [2.05, 4.69) is 15.3 Å². The topological polar surface area (TPSA) is 58.0 Å². The van der Waals surface area contributed by atoms with Gasteiger partial charge in [-0.1, -0.05) is 25.6 Å². The first-order valence-electron chi connectivity index (χ1n) is 6.09. The van der Waals surface area contributed by atoms with Crippen molar-refractivity contribution >= 4 is 17.6 Å². The summed E-state index contributed by atoms with van der Waals surface area (Å²) in [6.07, 6.45) is -2.13. The third-order valence-corrected chi connectivity index (χ3v) is 4.34. The van der Waals surface area contributed by atoms with Crippen molar-refractivity contribution in [2.75, 3.05) is 11.6 Å². The molecule has 1 aliphatic rings. The summed E-state index contributed by atoms with van der Waals surface area (Å²) >= 11 is 1.18. The number of hydrogen-bond acceptors (Lipinski definition) is 5. The Kier molecular flexibility index (Phi) is 3.90. The van der Waals surface area contributed by atoms with Crippen LogP contribution in [0.5, 0.6) is 0 Å². The molecule has 2 atom stereocenters. The Morgan fingerprint density at radius 1 is 1.45 bits per heavy atom. The molecule has 1 aromatic rings. The molecule has 1 aliphatic carbocycles. The van der Waals surface area contributed by atoms with E-state index in [0.29, 0.717) is 6.42 Å². The van der Waals surface area contributed by atoms with Gasteiger partial charge in [0.1, 0.15) is 11.4 Å². The number of aliphatic hydroxyl groups excluding tert-OH is 1. The number of thioether (sulfide) groups is 1. The summed E-state index contributed by atoms with van der Waals surface area (Å²) in [5, 5.41) is 12.7. The third kappa shape index (κ3) is 2.71. The Labute approximate surface area is 119 Å². The van der Waals surface area contributed by atoms with E-state index in [4.69, 9.17) is 0 Å². The van der Waals surface area contributed by atoms with E-state index in [0.717, 1.165) is 6.20 Å². The van der Waals surface area contributed by atoms with Gasteiger partial charge in [0.05, 0.1) is 6.10 Å². The van der Waals surface area contributed by atoms with Crippen LogP contribution in [-0.4, -0.2) is 33.5 Å². The fraction of sp³-hybridized carbons (Fsp3) is 0.667. The highest BCUT2D eigenvalue weighted by Crippen LogP contribution is 2.43. The predicted molar refractivity (Wildman–Crippen MR) is 70.6 cm³/mol. The third-order valence-electron chi connectivity index (χ3n) is 3.78. The second-order valence-electron chi connectivity index (χ2n) is 5.39. The minimum atomic E-state index is -4.51. The van der Waals surface area contributed by atoms with Crippen molar-refractivity contribution in [3.05, 3.63) is 11.8 Å². The minimum Gasteiger partial charge on any atom is -0.392 e. The number of rotatable bonds is 3. The predicted octanol–water partition coefficient (Wildman–Crippen LogP) is 2.79. The lowest BCUT2D eigenvalue weighted by molar-refractivity contribution is -0.137. The van der Waals surface area contributed by atoms with Gasteiger partial charge in [-0.25, -0.2) is 9.97 Å². The first kappa shape index (κ1) is 15.4. The maximum Gasteiger partial charge on any atom is 0.421 e. The molecule has 0 radical (unpaired) electrons. The zero-order valence-corrected chi connectivity index (χ0v) is 12.1. The second-order valence-corrected chi connectivity index (χ2v) is 6.16. The fourth-order valence-corrected chi connectivity index (χ4v) is 2.43. The highest BCUT2D eigenvalue weighted by Gasteiger charge is 2.48.